The molecular weight excluding hydrogens is 474 g/mol. The second kappa shape index (κ2) is 9.50. The van der Waals surface area contributed by atoms with E-state index in [1.54, 1.807) is 18.6 Å². The number of imidazole rings is 1. The highest BCUT2D eigenvalue weighted by Gasteiger charge is 2.27. The zero-order valence-electron chi connectivity index (χ0n) is 21.1. The second-order valence-corrected chi connectivity index (χ2v) is 10.0. The van der Waals surface area contributed by atoms with Crippen molar-refractivity contribution in [1.29, 1.82) is 0 Å². The standard InChI is InChI=1S/C29H29N9/c30-26-23(3-1-12-31-26)27-35-25-11-10-24(21-6-7-21)34-28(25)38(27)22-8-4-20(5-9-22)19-36-15-17-37(18-16-36)29-32-13-2-14-33-29/h1-5,8-14,21H,6-7,15-19H2,(H2,30,31). The first-order chi connectivity index (χ1) is 18.7. The Morgan fingerprint density at radius 1 is 0.789 bits per heavy atom. The van der Waals surface area contributed by atoms with Gasteiger partial charge in [-0.05, 0) is 60.9 Å². The van der Waals surface area contributed by atoms with Gasteiger partial charge in [0.1, 0.15) is 11.3 Å². The van der Waals surface area contributed by atoms with Crippen LogP contribution in [0.1, 0.15) is 30.0 Å². The summed E-state index contributed by atoms with van der Waals surface area (Å²) in [6, 6.07) is 18.6. The number of pyridine rings is 2. The van der Waals surface area contributed by atoms with E-state index in [4.69, 9.17) is 15.7 Å². The summed E-state index contributed by atoms with van der Waals surface area (Å²) in [5, 5.41) is 0. The molecule has 1 aromatic carbocycles. The van der Waals surface area contributed by atoms with Crippen molar-refractivity contribution in [2.75, 3.05) is 36.8 Å². The van der Waals surface area contributed by atoms with Crippen LogP contribution in [0.5, 0.6) is 0 Å². The molecule has 0 spiro atoms. The lowest BCUT2D eigenvalue weighted by Crippen LogP contribution is -2.46. The van der Waals surface area contributed by atoms with E-state index in [1.807, 2.05) is 18.2 Å². The summed E-state index contributed by atoms with van der Waals surface area (Å²) in [7, 11) is 0. The zero-order valence-corrected chi connectivity index (χ0v) is 21.1. The van der Waals surface area contributed by atoms with Crippen LogP contribution in [-0.2, 0) is 6.54 Å². The molecule has 1 aliphatic carbocycles. The third kappa shape index (κ3) is 4.35. The van der Waals surface area contributed by atoms with Gasteiger partial charge in [0.25, 0.3) is 0 Å². The summed E-state index contributed by atoms with van der Waals surface area (Å²) in [5.41, 5.74) is 12.2. The molecule has 1 saturated carbocycles. The minimum atomic E-state index is 0.461. The van der Waals surface area contributed by atoms with E-state index in [2.05, 4.69) is 65.7 Å². The fourth-order valence-corrected chi connectivity index (χ4v) is 5.18. The van der Waals surface area contributed by atoms with E-state index in [9.17, 15) is 0 Å². The molecule has 2 fully saturated rings. The maximum Gasteiger partial charge on any atom is 0.225 e. The third-order valence-electron chi connectivity index (χ3n) is 7.41. The average Bonchev–Trinajstić information content (AvgIpc) is 3.75. The highest BCUT2D eigenvalue weighted by Crippen LogP contribution is 2.40. The Morgan fingerprint density at radius 3 is 2.29 bits per heavy atom. The molecule has 5 aromatic rings. The van der Waals surface area contributed by atoms with Crippen molar-refractivity contribution in [3.63, 3.8) is 0 Å². The van der Waals surface area contributed by atoms with Crippen LogP contribution in [0.2, 0.25) is 0 Å². The molecule has 0 bridgehead atoms. The zero-order chi connectivity index (χ0) is 25.5. The second-order valence-electron chi connectivity index (χ2n) is 10.0. The number of nitrogen functional groups attached to an aromatic ring is 1. The van der Waals surface area contributed by atoms with E-state index in [0.29, 0.717) is 11.7 Å². The van der Waals surface area contributed by atoms with Crippen LogP contribution in [-0.4, -0.2) is 60.6 Å². The number of benzene rings is 1. The average molecular weight is 504 g/mol. The van der Waals surface area contributed by atoms with Gasteiger partial charge < -0.3 is 10.6 Å². The first-order valence-corrected chi connectivity index (χ1v) is 13.2. The number of rotatable bonds is 6. The first-order valence-electron chi connectivity index (χ1n) is 13.2. The van der Waals surface area contributed by atoms with Crippen LogP contribution in [0.25, 0.3) is 28.2 Å². The molecule has 1 saturated heterocycles. The van der Waals surface area contributed by atoms with Gasteiger partial charge in [-0.3, -0.25) is 9.47 Å². The number of nitrogens with zero attached hydrogens (tertiary/aromatic N) is 8. The number of fused-ring (bicyclic) bond motifs is 1. The molecule has 2 N–H and O–H groups in total. The Morgan fingerprint density at radius 2 is 1.55 bits per heavy atom. The minimum Gasteiger partial charge on any atom is -0.383 e. The Hall–Kier alpha value is -4.37. The molecule has 4 aromatic heterocycles. The van der Waals surface area contributed by atoms with Gasteiger partial charge in [-0.2, -0.15) is 0 Å². The van der Waals surface area contributed by atoms with Crippen LogP contribution in [0.4, 0.5) is 11.8 Å². The summed E-state index contributed by atoms with van der Waals surface area (Å²) in [4.78, 5) is 27.8. The largest absolute Gasteiger partial charge is 0.383 e. The van der Waals surface area contributed by atoms with Crippen LogP contribution in [0, 0.1) is 0 Å². The summed E-state index contributed by atoms with van der Waals surface area (Å²) in [6.07, 6.45) is 7.72. The summed E-state index contributed by atoms with van der Waals surface area (Å²) < 4.78 is 2.12. The Balaban J connectivity index is 1.16. The lowest BCUT2D eigenvalue weighted by Gasteiger charge is -2.34. The van der Waals surface area contributed by atoms with Gasteiger partial charge in [-0.15, -0.1) is 0 Å². The van der Waals surface area contributed by atoms with Crippen molar-refractivity contribution in [2.45, 2.75) is 25.3 Å². The normalized spacial score (nSPS) is 16.3. The maximum absolute atomic E-state index is 6.28. The highest BCUT2D eigenvalue weighted by atomic mass is 15.3. The molecule has 38 heavy (non-hydrogen) atoms. The van der Waals surface area contributed by atoms with Gasteiger partial charge in [0.15, 0.2) is 11.5 Å². The molecule has 5 heterocycles. The molecule has 1 aliphatic heterocycles. The van der Waals surface area contributed by atoms with Crippen LogP contribution in [0.15, 0.2) is 73.2 Å². The maximum atomic E-state index is 6.28. The summed E-state index contributed by atoms with van der Waals surface area (Å²) in [6.45, 7) is 4.71. The van der Waals surface area contributed by atoms with Crippen molar-refractivity contribution < 1.29 is 0 Å². The fourth-order valence-electron chi connectivity index (χ4n) is 5.18. The van der Waals surface area contributed by atoms with Crippen LogP contribution in [0.3, 0.4) is 0 Å². The Kier molecular flexibility index (Phi) is 5.70. The van der Waals surface area contributed by atoms with Crippen LogP contribution >= 0.6 is 0 Å². The molecule has 9 heteroatoms. The van der Waals surface area contributed by atoms with E-state index in [-0.39, 0.29) is 0 Å². The van der Waals surface area contributed by atoms with E-state index in [1.165, 1.54) is 18.4 Å². The van der Waals surface area contributed by atoms with Crippen molar-refractivity contribution >= 4 is 22.9 Å². The number of aromatic nitrogens is 6. The van der Waals surface area contributed by atoms with Gasteiger partial charge in [0.2, 0.25) is 5.95 Å². The van der Waals surface area contributed by atoms with Crippen molar-refractivity contribution in [2.24, 2.45) is 0 Å². The van der Waals surface area contributed by atoms with Crippen molar-refractivity contribution in [3.05, 3.63) is 84.4 Å². The molecule has 2 aliphatic rings. The molecule has 0 unspecified atom stereocenters. The van der Waals surface area contributed by atoms with E-state index in [0.717, 1.165) is 72.6 Å². The molecule has 0 radical (unpaired) electrons. The van der Waals surface area contributed by atoms with Gasteiger partial charge in [-0.1, -0.05) is 12.1 Å². The summed E-state index contributed by atoms with van der Waals surface area (Å²) >= 11 is 0. The number of hydrogen-bond acceptors (Lipinski definition) is 8. The van der Waals surface area contributed by atoms with Crippen LogP contribution < -0.4 is 10.6 Å². The van der Waals surface area contributed by atoms with Crippen molar-refractivity contribution in [1.82, 2.24) is 34.4 Å². The SMILES string of the molecule is Nc1ncccc1-c1nc2ccc(C3CC3)nc2n1-c1ccc(CN2CCN(c3ncccn3)CC2)cc1. The lowest BCUT2D eigenvalue weighted by molar-refractivity contribution is 0.248. The number of anilines is 2. The third-order valence-corrected chi connectivity index (χ3v) is 7.41. The Bertz CT molecular complexity index is 1570. The monoisotopic (exact) mass is 503 g/mol. The molecule has 0 atom stereocenters. The number of piperazine rings is 1. The molecule has 190 valence electrons. The van der Waals surface area contributed by atoms with Gasteiger partial charge in [0, 0.05) is 68.6 Å². The van der Waals surface area contributed by atoms with Crippen molar-refractivity contribution in [3.8, 4) is 17.1 Å². The summed E-state index contributed by atoms with van der Waals surface area (Å²) in [5.74, 6) is 2.60. The quantitative estimate of drug-likeness (QED) is 0.370. The van der Waals surface area contributed by atoms with E-state index >= 15 is 0 Å². The topological polar surface area (TPSA) is 102 Å². The van der Waals surface area contributed by atoms with Gasteiger partial charge in [0.05, 0.1) is 5.56 Å². The molecule has 0 amide bonds. The predicted octanol–water partition coefficient (Wildman–Crippen LogP) is 4.05. The Labute approximate surface area is 221 Å². The minimum absolute atomic E-state index is 0.461. The molecular formula is C29H29N9. The first kappa shape index (κ1) is 22.8. The lowest BCUT2D eigenvalue weighted by atomic mass is 10.1. The highest BCUT2D eigenvalue weighted by molar-refractivity contribution is 5.83. The number of hydrogen-bond donors (Lipinski definition) is 1. The molecule has 7 rings (SSSR count). The van der Waals surface area contributed by atoms with E-state index < -0.39 is 0 Å². The smallest absolute Gasteiger partial charge is 0.225 e. The van der Waals surface area contributed by atoms with Gasteiger partial charge in [-0.25, -0.2) is 24.9 Å². The molecule has 9 nitrogen and oxygen atoms in total. The number of nitrogens with two attached hydrogens (primary N) is 1. The predicted molar refractivity (Wildman–Crippen MR) is 148 cm³/mol. The van der Waals surface area contributed by atoms with Gasteiger partial charge >= 0.3 is 0 Å². The fraction of sp³-hybridized carbons (Fsp3) is 0.276.